The van der Waals surface area contributed by atoms with E-state index in [0.29, 0.717) is 31.3 Å². The number of aliphatic hydroxyl groups is 9. The third-order valence-electron chi connectivity index (χ3n) is 16.5. The number of esters is 1. The van der Waals surface area contributed by atoms with Gasteiger partial charge in [-0.1, -0.05) is 13.8 Å². The molecule has 60 heavy (non-hydrogen) atoms. The Balaban J connectivity index is 0.937. The molecule has 9 N–H and O–H groups in total. The minimum atomic E-state index is -1.80. The van der Waals surface area contributed by atoms with Crippen LogP contribution in [0.4, 0.5) is 0 Å². The van der Waals surface area contributed by atoms with E-state index in [1.807, 2.05) is 0 Å². The first kappa shape index (κ1) is 45.1. The lowest BCUT2D eigenvalue weighted by Gasteiger charge is -2.64. The summed E-state index contributed by atoms with van der Waals surface area (Å²) in [5.41, 5.74) is -0.180. The zero-order chi connectivity index (χ0) is 43.1. The van der Waals surface area contributed by atoms with Crippen molar-refractivity contribution in [3.05, 3.63) is 11.6 Å². The van der Waals surface area contributed by atoms with Crippen molar-refractivity contribution in [3.8, 4) is 0 Å². The molecule has 8 aliphatic rings. The quantitative estimate of drug-likeness (QED) is 0.0918. The van der Waals surface area contributed by atoms with Crippen LogP contribution in [0.5, 0.6) is 0 Å². The lowest BCUT2D eigenvalue weighted by atomic mass is 9.43. The first-order valence-electron chi connectivity index (χ1n) is 21.8. The van der Waals surface area contributed by atoms with E-state index in [-0.39, 0.29) is 34.7 Å². The van der Waals surface area contributed by atoms with Crippen molar-refractivity contribution < 1.29 is 88.6 Å². The highest BCUT2D eigenvalue weighted by Gasteiger charge is 2.68. The predicted molar refractivity (Wildman–Crippen MR) is 203 cm³/mol. The van der Waals surface area contributed by atoms with Crippen molar-refractivity contribution in [2.45, 2.75) is 182 Å². The molecule has 4 aliphatic heterocycles. The Morgan fingerprint density at radius 3 is 2.12 bits per heavy atom. The third kappa shape index (κ3) is 7.50. The standard InChI is InChI=1S/C42H66O18/c1-18-28(45)35(53-4)36(60-38-34(51)32(49)30(47)26(59-38)17-55-37-33(50)31(48)29(46)25(15-43)58-37)39(56-18)57-21-7-10-40(2)20(14-21)5-6-24-23(40)8-11-41(3)22(9-12-42(24,41)52)19-13-27(44)54-16-19/h13,18,20-26,28-39,43,45-52H,5-12,14-17H2,1-4H3/t18-,20+,21-,22?,23?,24?,25+,26+,28+,29+,30+,31-,32-,33+,34+,35+,36-,37+,38-,39-,40-,41+,42-/m0/s1. The molecule has 0 aromatic rings. The van der Waals surface area contributed by atoms with Crippen molar-refractivity contribution in [2.24, 2.45) is 34.5 Å². The zero-order valence-electron chi connectivity index (χ0n) is 34.8. The van der Waals surface area contributed by atoms with Crippen LogP contribution in [-0.4, -0.2) is 183 Å². The average molecular weight is 859 g/mol. The number of carbonyl (C=O) groups is 1. The summed E-state index contributed by atoms with van der Waals surface area (Å²) in [6.07, 6.45) is -12.4. The van der Waals surface area contributed by atoms with E-state index in [1.54, 1.807) is 13.0 Å². The second-order valence-electron chi connectivity index (χ2n) is 19.4. The number of hydrogen-bond donors (Lipinski definition) is 9. The van der Waals surface area contributed by atoms with Gasteiger partial charge in [-0.05, 0) is 99.4 Å². The maximum absolute atomic E-state index is 12.7. The summed E-state index contributed by atoms with van der Waals surface area (Å²) in [5, 5.41) is 96.9. The van der Waals surface area contributed by atoms with Gasteiger partial charge in [0.2, 0.25) is 0 Å². The normalized spacial score (nSPS) is 54.4. The highest BCUT2D eigenvalue weighted by Crippen LogP contribution is 2.70. The SMILES string of the molecule is CO[C@@H]1[C@H](O)[C@H](C)O[C@@H](O[C@H]2CC[C@]3(C)C4CC[C@]5(C)C(C6=CC(=O)OC6)CC[C@]5(O)C4CC[C@@H]3C2)[C@H]1O[C@@H]1O[C@H](CO[C@@H]2O[C@H](CO)[C@@H](O)[C@H](O)[C@H]2O)[C@@H](O)[C@H](O)[C@H]1O. The van der Waals surface area contributed by atoms with E-state index in [2.05, 4.69) is 13.8 Å². The number of fused-ring (bicyclic) bond motifs is 5. The van der Waals surface area contributed by atoms with Crippen LogP contribution in [0.25, 0.3) is 0 Å². The van der Waals surface area contributed by atoms with Gasteiger partial charge in [0.05, 0.1) is 31.0 Å². The van der Waals surface area contributed by atoms with E-state index < -0.39 is 111 Å². The summed E-state index contributed by atoms with van der Waals surface area (Å²) in [6, 6.07) is 0. The van der Waals surface area contributed by atoms with E-state index in [9.17, 15) is 50.8 Å². The van der Waals surface area contributed by atoms with E-state index in [4.69, 9.17) is 37.9 Å². The summed E-state index contributed by atoms with van der Waals surface area (Å²) < 4.78 is 47.1. The smallest absolute Gasteiger partial charge is 0.331 e. The van der Waals surface area contributed by atoms with Crippen molar-refractivity contribution in [2.75, 3.05) is 26.9 Å². The zero-order valence-corrected chi connectivity index (χ0v) is 34.8. The van der Waals surface area contributed by atoms with Gasteiger partial charge in [-0.3, -0.25) is 0 Å². The van der Waals surface area contributed by atoms with E-state index in [1.165, 1.54) is 7.11 Å². The Morgan fingerprint density at radius 1 is 0.733 bits per heavy atom. The molecule has 0 bridgehead atoms. The van der Waals surface area contributed by atoms with Crippen molar-refractivity contribution in [1.82, 2.24) is 0 Å². The molecule has 4 aliphatic carbocycles. The average Bonchev–Trinajstić information content (AvgIpc) is 3.78. The van der Waals surface area contributed by atoms with Crippen molar-refractivity contribution in [3.63, 3.8) is 0 Å². The monoisotopic (exact) mass is 858 g/mol. The fourth-order valence-corrected chi connectivity index (χ4v) is 12.9. The molecule has 23 atom stereocenters. The highest BCUT2D eigenvalue weighted by molar-refractivity contribution is 5.85. The lowest BCUT2D eigenvalue weighted by Crippen LogP contribution is -2.65. The largest absolute Gasteiger partial charge is 0.458 e. The summed E-state index contributed by atoms with van der Waals surface area (Å²) in [4.78, 5) is 12.0. The second kappa shape index (κ2) is 17.2. The topological polar surface area (TPSA) is 273 Å². The molecule has 0 aromatic carbocycles. The molecule has 18 heteroatoms. The van der Waals surface area contributed by atoms with Crippen LogP contribution in [0.3, 0.4) is 0 Å². The van der Waals surface area contributed by atoms with Gasteiger partial charge in [-0.2, -0.15) is 0 Å². The van der Waals surface area contributed by atoms with Gasteiger partial charge in [0.15, 0.2) is 18.9 Å². The van der Waals surface area contributed by atoms with Crippen LogP contribution < -0.4 is 0 Å². The molecule has 4 heterocycles. The van der Waals surface area contributed by atoms with Crippen LogP contribution in [0, 0.1) is 34.5 Å². The maximum Gasteiger partial charge on any atom is 0.331 e. The third-order valence-corrected chi connectivity index (χ3v) is 16.5. The lowest BCUT2D eigenvalue weighted by molar-refractivity contribution is -0.376. The number of ether oxygens (including phenoxy) is 8. The highest BCUT2D eigenvalue weighted by atomic mass is 16.8. The first-order valence-corrected chi connectivity index (χ1v) is 21.8. The first-order chi connectivity index (χ1) is 28.4. The molecule has 0 radical (unpaired) electrons. The Hall–Kier alpha value is -1.43. The Labute approximate surface area is 349 Å². The fraction of sp³-hybridized carbons (Fsp3) is 0.929. The van der Waals surface area contributed by atoms with Gasteiger partial charge in [0.25, 0.3) is 0 Å². The molecule has 7 fully saturated rings. The van der Waals surface area contributed by atoms with Gasteiger partial charge in [-0.25, -0.2) is 4.79 Å². The van der Waals surface area contributed by atoms with Crippen molar-refractivity contribution >= 4 is 5.97 Å². The van der Waals surface area contributed by atoms with Gasteiger partial charge >= 0.3 is 5.97 Å². The number of carbonyl (C=O) groups excluding carboxylic acids is 1. The van der Waals surface area contributed by atoms with Gasteiger partial charge in [-0.15, -0.1) is 0 Å². The van der Waals surface area contributed by atoms with Gasteiger partial charge in [0, 0.05) is 18.6 Å². The van der Waals surface area contributed by atoms with Crippen LogP contribution in [-0.2, 0) is 42.7 Å². The molecule has 3 saturated heterocycles. The molecule has 8 rings (SSSR count). The molecular formula is C42H66O18. The predicted octanol–water partition coefficient (Wildman–Crippen LogP) is -1.24. The van der Waals surface area contributed by atoms with Crippen LogP contribution in [0.2, 0.25) is 0 Å². The molecular weight excluding hydrogens is 792 g/mol. The minimum Gasteiger partial charge on any atom is -0.458 e. The Kier molecular flexibility index (Phi) is 12.9. The van der Waals surface area contributed by atoms with Gasteiger partial charge in [0.1, 0.15) is 73.8 Å². The number of cyclic esters (lactones) is 1. The fourth-order valence-electron chi connectivity index (χ4n) is 12.9. The number of aliphatic hydroxyl groups excluding tert-OH is 8. The number of methoxy groups -OCH3 is 1. The molecule has 0 spiro atoms. The molecule has 4 saturated carbocycles. The van der Waals surface area contributed by atoms with Crippen molar-refractivity contribution in [1.29, 1.82) is 0 Å². The van der Waals surface area contributed by atoms with Crippen LogP contribution >= 0.6 is 0 Å². The van der Waals surface area contributed by atoms with Crippen LogP contribution in [0.1, 0.15) is 78.6 Å². The second-order valence-corrected chi connectivity index (χ2v) is 19.4. The maximum atomic E-state index is 12.7. The Bertz CT molecular complexity index is 1570. The summed E-state index contributed by atoms with van der Waals surface area (Å²) in [5.74, 6) is 0.597. The molecule has 342 valence electrons. The molecule has 3 unspecified atom stereocenters. The summed E-state index contributed by atoms with van der Waals surface area (Å²) in [7, 11) is 1.39. The van der Waals surface area contributed by atoms with E-state index >= 15 is 0 Å². The number of hydrogen-bond acceptors (Lipinski definition) is 18. The Morgan fingerprint density at radius 2 is 1.43 bits per heavy atom. The minimum absolute atomic E-state index is 0.0325. The number of rotatable bonds is 10. The summed E-state index contributed by atoms with van der Waals surface area (Å²) in [6.45, 7) is 5.36. The molecule has 18 nitrogen and oxygen atoms in total. The van der Waals surface area contributed by atoms with Crippen LogP contribution in [0.15, 0.2) is 11.6 Å². The van der Waals surface area contributed by atoms with E-state index in [0.717, 1.165) is 50.5 Å². The molecule has 0 aromatic heterocycles. The molecule has 0 amide bonds. The summed E-state index contributed by atoms with van der Waals surface area (Å²) >= 11 is 0. The van der Waals surface area contributed by atoms with Gasteiger partial charge < -0.3 is 83.9 Å².